The maximum atomic E-state index is 13.1. The highest BCUT2D eigenvalue weighted by molar-refractivity contribution is 5.94. The van der Waals surface area contributed by atoms with Crippen molar-refractivity contribution in [3.05, 3.63) is 59.9 Å². The lowest BCUT2D eigenvalue weighted by Gasteiger charge is -2.10. The lowest BCUT2D eigenvalue weighted by molar-refractivity contribution is 0.0943. The Morgan fingerprint density at radius 2 is 1.75 bits per heavy atom. The van der Waals surface area contributed by atoms with Crippen molar-refractivity contribution < 1.29 is 13.9 Å². The summed E-state index contributed by atoms with van der Waals surface area (Å²) in [5, 5.41) is 2.80. The van der Waals surface area contributed by atoms with E-state index in [9.17, 15) is 9.18 Å². The Morgan fingerprint density at radius 1 is 1.10 bits per heavy atom. The molecule has 0 saturated carbocycles. The Kier molecular flexibility index (Phi) is 4.35. The Balaban J connectivity index is 2.15. The number of benzene rings is 2. The first-order chi connectivity index (χ1) is 9.54. The van der Waals surface area contributed by atoms with E-state index >= 15 is 0 Å². The van der Waals surface area contributed by atoms with Gasteiger partial charge < -0.3 is 10.1 Å². The highest BCUT2D eigenvalue weighted by atomic mass is 19.1. The average molecular weight is 273 g/mol. The van der Waals surface area contributed by atoms with Crippen molar-refractivity contribution >= 4 is 5.91 Å². The molecule has 104 valence electrons. The van der Waals surface area contributed by atoms with Gasteiger partial charge in [0.1, 0.15) is 17.3 Å². The van der Waals surface area contributed by atoms with Crippen LogP contribution in [0, 0.1) is 5.82 Å². The second-order valence-corrected chi connectivity index (χ2v) is 4.72. The minimum Gasteiger partial charge on any atom is -0.457 e. The van der Waals surface area contributed by atoms with Gasteiger partial charge in [0.05, 0.1) is 0 Å². The van der Waals surface area contributed by atoms with Gasteiger partial charge in [-0.2, -0.15) is 0 Å². The minimum absolute atomic E-state index is 0.0651. The number of carbonyl (C=O) groups is 1. The average Bonchev–Trinajstić information content (AvgIpc) is 2.38. The van der Waals surface area contributed by atoms with Crippen LogP contribution in [0.5, 0.6) is 11.5 Å². The molecule has 1 amide bonds. The zero-order valence-electron chi connectivity index (χ0n) is 11.4. The summed E-state index contributed by atoms with van der Waals surface area (Å²) in [6.45, 7) is 3.79. The number of amides is 1. The molecular weight excluding hydrogens is 257 g/mol. The summed E-state index contributed by atoms with van der Waals surface area (Å²) < 4.78 is 18.6. The van der Waals surface area contributed by atoms with Crippen LogP contribution in [0.4, 0.5) is 4.39 Å². The van der Waals surface area contributed by atoms with Crippen molar-refractivity contribution in [2.45, 2.75) is 19.9 Å². The molecule has 2 rings (SSSR count). The van der Waals surface area contributed by atoms with Gasteiger partial charge in [0.15, 0.2) is 0 Å². The fourth-order valence-corrected chi connectivity index (χ4v) is 1.71. The molecule has 1 N–H and O–H groups in total. The molecule has 0 fully saturated rings. The molecule has 0 heterocycles. The van der Waals surface area contributed by atoms with Crippen molar-refractivity contribution in [2.24, 2.45) is 0 Å². The predicted octanol–water partition coefficient (Wildman–Crippen LogP) is 3.76. The van der Waals surface area contributed by atoms with Crippen molar-refractivity contribution in [3.63, 3.8) is 0 Å². The Hall–Kier alpha value is -2.36. The lowest BCUT2D eigenvalue weighted by atomic mass is 10.2. The van der Waals surface area contributed by atoms with E-state index in [1.54, 1.807) is 36.4 Å². The van der Waals surface area contributed by atoms with E-state index in [-0.39, 0.29) is 17.8 Å². The van der Waals surface area contributed by atoms with Gasteiger partial charge in [0, 0.05) is 17.7 Å². The van der Waals surface area contributed by atoms with Gasteiger partial charge in [-0.1, -0.05) is 12.1 Å². The monoisotopic (exact) mass is 273 g/mol. The number of nitrogens with one attached hydrogen (secondary N) is 1. The van der Waals surface area contributed by atoms with Crippen LogP contribution in [0.25, 0.3) is 0 Å². The summed E-state index contributed by atoms with van der Waals surface area (Å²) in [5.74, 6) is 0.360. The normalized spacial score (nSPS) is 10.4. The maximum absolute atomic E-state index is 13.1. The van der Waals surface area contributed by atoms with Crippen LogP contribution in [0.2, 0.25) is 0 Å². The number of halogens is 1. The van der Waals surface area contributed by atoms with E-state index in [0.29, 0.717) is 17.1 Å². The summed E-state index contributed by atoms with van der Waals surface area (Å²) in [6.07, 6.45) is 0. The fraction of sp³-hybridized carbons (Fsp3) is 0.188. The molecule has 0 radical (unpaired) electrons. The Labute approximate surface area is 117 Å². The van der Waals surface area contributed by atoms with Crippen molar-refractivity contribution in [1.82, 2.24) is 5.32 Å². The summed E-state index contributed by atoms with van der Waals surface area (Å²) >= 11 is 0. The van der Waals surface area contributed by atoms with E-state index in [2.05, 4.69) is 5.32 Å². The molecule has 2 aromatic rings. The summed E-state index contributed by atoms with van der Waals surface area (Å²) in [6, 6.07) is 12.7. The molecule has 2 aromatic carbocycles. The third-order valence-electron chi connectivity index (χ3n) is 2.55. The van der Waals surface area contributed by atoms with Crippen LogP contribution >= 0.6 is 0 Å². The van der Waals surface area contributed by atoms with Gasteiger partial charge in [-0.15, -0.1) is 0 Å². The summed E-state index contributed by atoms with van der Waals surface area (Å²) in [4.78, 5) is 11.9. The standard InChI is InChI=1S/C16H16FNO2/c1-11(2)18-16(19)12-5-3-7-14(9-12)20-15-8-4-6-13(17)10-15/h3-11H,1-2H3,(H,18,19). The second-order valence-electron chi connectivity index (χ2n) is 4.72. The zero-order valence-corrected chi connectivity index (χ0v) is 11.4. The van der Waals surface area contributed by atoms with Gasteiger partial charge in [0.2, 0.25) is 0 Å². The summed E-state index contributed by atoms with van der Waals surface area (Å²) in [5.41, 5.74) is 0.507. The van der Waals surface area contributed by atoms with Crippen molar-refractivity contribution in [3.8, 4) is 11.5 Å². The molecule has 0 aliphatic rings. The van der Waals surface area contributed by atoms with E-state index < -0.39 is 0 Å². The van der Waals surface area contributed by atoms with Crippen LogP contribution in [0.15, 0.2) is 48.5 Å². The molecule has 4 heteroatoms. The van der Waals surface area contributed by atoms with Crippen LogP contribution < -0.4 is 10.1 Å². The molecule has 0 aromatic heterocycles. The van der Waals surface area contributed by atoms with Gasteiger partial charge in [0.25, 0.3) is 5.91 Å². The molecule has 0 atom stereocenters. The van der Waals surface area contributed by atoms with Crippen LogP contribution in [0.1, 0.15) is 24.2 Å². The molecule has 0 aliphatic carbocycles. The number of ether oxygens (including phenoxy) is 1. The molecular formula is C16H16FNO2. The number of hydrogen-bond acceptors (Lipinski definition) is 2. The highest BCUT2D eigenvalue weighted by Crippen LogP contribution is 2.22. The van der Waals surface area contributed by atoms with E-state index in [0.717, 1.165) is 0 Å². The van der Waals surface area contributed by atoms with Gasteiger partial charge in [-0.25, -0.2) is 4.39 Å². The molecule has 0 bridgehead atoms. The van der Waals surface area contributed by atoms with Crippen LogP contribution in [0.3, 0.4) is 0 Å². The van der Waals surface area contributed by atoms with Gasteiger partial charge >= 0.3 is 0 Å². The molecule has 0 aliphatic heterocycles. The maximum Gasteiger partial charge on any atom is 0.251 e. The minimum atomic E-state index is -0.365. The molecule has 0 saturated heterocycles. The van der Waals surface area contributed by atoms with Gasteiger partial charge in [-0.05, 0) is 44.2 Å². The quantitative estimate of drug-likeness (QED) is 0.921. The fourth-order valence-electron chi connectivity index (χ4n) is 1.71. The third kappa shape index (κ3) is 3.82. The number of carbonyl (C=O) groups excluding carboxylic acids is 1. The topological polar surface area (TPSA) is 38.3 Å². The molecule has 0 unspecified atom stereocenters. The first kappa shape index (κ1) is 14.1. The summed E-state index contributed by atoms with van der Waals surface area (Å²) in [7, 11) is 0. The number of hydrogen-bond donors (Lipinski definition) is 1. The van der Waals surface area contributed by atoms with Crippen molar-refractivity contribution in [2.75, 3.05) is 0 Å². The van der Waals surface area contributed by atoms with Crippen LogP contribution in [-0.4, -0.2) is 11.9 Å². The lowest BCUT2D eigenvalue weighted by Crippen LogP contribution is -2.29. The third-order valence-corrected chi connectivity index (χ3v) is 2.55. The largest absolute Gasteiger partial charge is 0.457 e. The first-order valence-electron chi connectivity index (χ1n) is 6.39. The molecule has 0 spiro atoms. The van der Waals surface area contributed by atoms with Gasteiger partial charge in [-0.3, -0.25) is 4.79 Å². The second kappa shape index (κ2) is 6.19. The first-order valence-corrected chi connectivity index (χ1v) is 6.39. The van der Waals surface area contributed by atoms with E-state index in [1.165, 1.54) is 12.1 Å². The smallest absolute Gasteiger partial charge is 0.251 e. The van der Waals surface area contributed by atoms with Crippen molar-refractivity contribution in [1.29, 1.82) is 0 Å². The SMILES string of the molecule is CC(C)NC(=O)c1cccc(Oc2cccc(F)c2)c1. The van der Waals surface area contributed by atoms with E-state index in [1.807, 2.05) is 13.8 Å². The zero-order chi connectivity index (χ0) is 14.5. The number of rotatable bonds is 4. The molecule has 3 nitrogen and oxygen atoms in total. The Morgan fingerprint density at radius 3 is 2.40 bits per heavy atom. The Bertz CT molecular complexity index is 611. The molecule has 20 heavy (non-hydrogen) atoms. The van der Waals surface area contributed by atoms with Crippen LogP contribution in [-0.2, 0) is 0 Å². The highest BCUT2D eigenvalue weighted by Gasteiger charge is 2.08. The predicted molar refractivity (Wildman–Crippen MR) is 75.5 cm³/mol. The van der Waals surface area contributed by atoms with E-state index in [4.69, 9.17) is 4.74 Å².